The second-order valence-corrected chi connectivity index (χ2v) is 18.7. The van der Waals surface area contributed by atoms with E-state index >= 15 is 0 Å². The third-order valence-corrected chi connectivity index (χ3v) is 12.1. The van der Waals surface area contributed by atoms with Crippen LogP contribution in [0.4, 0.5) is 0 Å². The molecule has 27 heteroatoms. The number of fused-ring (bicyclic) bond motifs is 1. The Labute approximate surface area is 501 Å². The number of nitrogens with two attached hydrogens (primary N) is 2. The lowest BCUT2D eigenvalue weighted by atomic mass is 9.97. The van der Waals surface area contributed by atoms with Crippen molar-refractivity contribution in [3.05, 3.63) is 0 Å². The molecule has 27 nitrogen and oxygen atoms in total. The summed E-state index contributed by atoms with van der Waals surface area (Å²) in [4.78, 5) is 3.49. The smallest absolute Gasteiger partial charge is 0.197 e. The second-order valence-electron chi connectivity index (χ2n) is 18.7. The highest BCUT2D eigenvalue weighted by molar-refractivity contribution is 6.40. The molecule has 2 rings (SSSR count). The van der Waals surface area contributed by atoms with Crippen LogP contribution in [0.5, 0.6) is 0 Å². The molecule has 2 aliphatic rings. The Kier molecular flexibility index (Phi) is 62.5. The predicted molar refractivity (Wildman–Crippen MR) is 310 cm³/mol. The zero-order valence-electron chi connectivity index (χ0n) is 51.1. The van der Waals surface area contributed by atoms with E-state index in [0.29, 0.717) is 310 Å². The Hall–Kier alpha value is -1.82. The number of nitrogens with zero attached hydrogens (tertiary/aromatic N) is 1. The highest BCUT2D eigenvalue weighted by Gasteiger charge is 2.39. The summed E-state index contributed by atoms with van der Waals surface area (Å²) in [5, 5.41) is 4.03. The van der Waals surface area contributed by atoms with Gasteiger partial charge in [0.05, 0.1) is 297 Å². The van der Waals surface area contributed by atoms with Gasteiger partial charge in [-0.2, -0.15) is 5.10 Å². The van der Waals surface area contributed by atoms with Gasteiger partial charge < -0.3 is 121 Å². The molecule has 0 saturated heterocycles. The summed E-state index contributed by atoms with van der Waals surface area (Å²) in [6, 6.07) is 0. The van der Waals surface area contributed by atoms with Crippen LogP contribution >= 0.6 is 0 Å². The molecule has 2 aliphatic carbocycles. The maximum Gasteiger partial charge on any atom is 0.197 e. The van der Waals surface area contributed by atoms with Crippen LogP contribution in [-0.4, -0.2) is 328 Å². The van der Waals surface area contributed by atoms with Gasteiger partial charge in [-0.3, -0.25) is 0 Å². The summed E-state index contributed by atoms with van der Waals surface area (Å²) in [7, 11) is 0. The lowest BCUT2D eigenvalue weighted by molar-refractivity contribution is -0.460. The summed E-state index contributed by atoms with van der Waals surface area (Å²) in [6.07, 6.45) is 5.81. The molecule has 2 atom stereocenters. The third kappa shape index (κ3) is 57.9. The van der Waals surface area contributed by atoms with Crippen LogP contribution in [0.1, 0.15) is 32.1 Å². The van der Waals surface area contributed by atoms with Gasteiger partial charge in [-0.1, -0.05) is 0 Å². The Morgan fingerprint density at radius 2 is 0.440 bits per heavy atom. The minimum absolute atomic E-state index is 0.486. The van der Waals surface area contributed by atoms with Crippen LogP contribution in [0.15, 0.2) is 5.10 Å². The first-order chi connectivity index (χ1) is 41.8. The van der Waals surface area contributed by atoms with Crippen LogP contribution < -0.4 is 16.6 Å². The Morgan fingerprint density at radius 1 is 0.262 bits per heavy atom. The number of hydrazone groups is 1. The predicted octanol–water partition coefficient (Wildman–Crippen LogP) is -0.627. The maximum absolute atomic E-state index is 5.69. The van der Waals surface area contributed by atoms with E-state index in [1.807, 2.05) is 0 Å². The SMILES string of the molecule is NCCOCCOCCOCCOCCOCCOCCOCCOCCOCCOCCOCCOCCOCCOCCOCCOCCOCCOCCOCCOCCOCCOCCOCC[NH+]=C1CCC2CC2CCC1=NN. The van der Waals surface area contributed by atoms with E-state index in [0.717, 1.165) is 36.9 Å². The molecular formula is C57H113N4O23+. The molecule has 0 aromatic carbocycles. The highest BCUT2D eigenvalue weighted by Crippen LogP contribution is 2.46. The first-order valence-corrected chi connectivity index (χ1v) is 30.7. The summed E-state index contributed by atoms with van der Waals surface area (Å²) in [5.74, 6) is 7.44. The van der Waals surface area contributed by atoms with Crippen LogP contribution in [0.2, 0.25) is 0 Å². The highest BCUT2D eigenvalue weighted by atomic mass is 16.6. The van der Waals surface area contributed by atoms with E-state index in [2.05, 4.69) is 10.1 Å². The monoisotopic (exact) mass is 1220 g/mol. The Morgan fingerprint density at radius 3 is 0.631 bits per heavy atom. The number of nitrogens with one attached hydrogen (secondary N) is 1. The van der Waals surface area contributed by atoms with Crippen molar-refractivity contribution in [1.82, 2.24) is 0 Å². The van der Waals surface area contributed by atoms with Crippen molar-refractivity contribution in [3.8, 4) is 0 Å². The number of ether oxygens (including phenoxy) is 23. The van der Waals surface area contributed by atoms with Crippen molar-refractivity contribution in [3.63, 3.8) is 0 Å². The van der Waals surface area contributed by atoms with E-state index in [1.54, 1.807) is 0 Å². The lowest BCUT2D eigenvalue weighted by Crippen LogP contribution is -2.76. The molecule has 84 heavy (non-hydrogen) atoms. The molecule has 2 fully saturated rings. The van der Waals surface area contributed by atoms with E-state index < -0.39 is 0 Å². The zero-order valence-corrected chi connectivity index (χ0v) is 51.1. The average molecular weight is 1220 g/mol. The van der Waals surface area contributed by atoms with Crippen molar-refractivity contribution in [2.24, 2.45) is 28.5 Å². The fourth-order valence-electron chi connectivity index (χ4n) is 7.59. The van der Waals surface area contributed by atoms with E-state index in [1.165, 1.54) is 25.0 Å². The van der Waals surface area contributed by atoms with E-state index in [4.69, 9.17) is 121 Å². The fourth-order valence-corrected chi connectivity index (χ4v) is 7.59. The minimum Gasteiger partial charge on any atom is -0.378 e. The molecule has 2 unspecified atom stereocenters. The standard InChI is InChI=1S/C57H112N4O23/c58-5-7-62-9-11-64-13-15-66-17-19-68-21-23-70-25-27-72-29-31-74-33-35-76-37-39-78-41-43-80-45-47-82-49-51-84-52-50-83-48-46-81-44-42-79-40-38-77-36-34-75-32-30-73-28-26-71-24-22-69-20-18-67-16-14-65-12-10-63-8-6-60-56-3-1-54-53-55(54)2-4-57(56)61-59/h54-55H,1-53,58-59H2/p+1. The molecule has 0 aromatic rings. The van der Waals surface area contributed by atoms with Crippen LogP contribution in [0.25, 0.3) is 0 Å². The lowest BCUT2D eigenvalue weighted by Gasteiger charge is -2.09. The molecule has 5 N–H and O–H groups in total. The minimum atomic E-state index is 0.486. The van der Waals surface area contributed by atoms with Gasteiger partial charge in [-0.25, -0.2) is 4.99 Å². The number of rotatable bonds is 71. The first-order valence-electron chi connectivity index (χ1n) is 30.7. The van der Waals surface area contributed by atoms with Gasteiger partial charge >= 0.3 is 0 Å². The largest absolute Gasteiger partial charge is 0.378 e. The number of hydrogen-bond acceptors (Lipinski definition) is 26. The maximum atomic E-state index is 5.69. The topological polar surface area (TPSA) is 291 Å². The fraction of sp³-hybridized carbons (Fsp3) is 0.965. The summed E-state index contributed by atoms with van der Waals surface area (Å²) in [6.45, 7) is 24.4. The summed E-state index contributed by atoms with van der Waals surface area (Å²) in [5.41, 5.74) is 7.56. The Balaban J connectivity index is 1.10. The summed E-state index contributed by atoms with van der Waals surface area (Å²) >= 11 is 0. The van der Waals surface area contributed by atoms with Crippen molar-refractivity contribution in [2.45, 2.75) is 32.1 Å². The molecule has 0 spiro atoms. The van der Waals surface area contributed by atoms with E-state index in [9.17, 15) is 0 Å². The third-order valence-electron chi connectivity index (χ3n) is 12.1. The molecule has 0 aromatic heterocycles. The zero-order chi connectivity index (χ0) is 59.5. The van der Waals surface area contributed by atoms with Crippen molar-refractivity contribution >= 4 is 11.4 Å². The van der Waals surface area contributed by atoms with Crippen LogP contribution in [0.3, 0.4) is 0 Å². The molecule has 0 aliphatic heterocycles. The quantitative estimate of drug-likeness (QED) is 0.0388. The molecule has 0 radical (unpaired) electrons. The summed E-state index contributed by atoms with van der Waals surface area (Å²) < 4.78 is 127. The van der Waals surface area contributed by atoms with E-state index in [-0.39, 0.29) is 0 Å². The molecule has 0 heterocycles. The van der Waals surface area contributed by atoms with Crippen molar-refractivity contribution < 1.29 is 114 Å². The van der Waals surface area contributed by atoms with Gasteiger partial charge in [0.15, 0.2) is 12.3 Å². The number of hydrogen-bond donors (Lipinski definition) is 3. The first kappa shape index (κ1) is 78.3. The van der Waals surface area contributed by atoms with Gasteiger partial charge in [-0.15, -0.1) is 0 Å². The molecule has 0 bridgehead atoms. The van der Waals surface area contributed by atoms with Crippen LogP contribution in [0, 0.1) is 11.8 Å². The van der Waals surface area contributed by atoms with Crippen molar-refractivity contribution in [2.75, 3.05) is 317 Å². The molecule has 0 amide bonds. The molecule has 498 valence electrons. The van der Waals surface area contributed by atoms with Crippen LogP contribution in [-0.2, 0) is 109 Å². The Bertz CT molecular complexity index is 1380. The van der Waals surface area contributed by atoms with Gasteiger partial charge in [0, 0.05) is 13.0 Å². The van der Waals surface area contributed by atoms with Gasteiger partial charge in [0.25, 0.3) is 0 Å². The van der Waals surface area contributed by atoms with Crippen molar-refractivity contribution in [1.29, 1.82) is 0 Å². The second kappa shape index (κ2) is 67.1. The normalized spacial score (nSPS) is 16.3. The van der Waals surface area contributed by atoms with Gasteiger partial charge in [0.2, 0.25) is 0 Å². The molecule has 2 saturated carbocycles. The average Bonchev–Trinajstić information content (AvgIpc) is 4.31. The van der Waals surface area contributed by atoms with Gasteiger partial charge in [-0.05, 0) is 37.5 Å². The molecular weight excluding hydrogens is 1110 g/mol. The van der Waals surface area contributed by atoms with Gasteiger partial charge in [0.1, 0.15) is 12.3 Å².